The van der Waals surface area contributed by atoms with Gasteiger partial charge in [-0.1, -0.05) is 30.3 Å². The first kappa shape index (κ1) is 13.7. The van der Waals surface area contributed by atoms with Gasteiger partial charge in [0.25, 0.3) is 0 Å². The van der Waals surface area contributed by atoms with Crippen LogP contribution in [0.2, 0.25) is 0 Å². The molecule has 7 heteroatoms. The molecule has 1 aliphatic rings. The van der Waals surface area contributed by atoms with Crippen molar-refractivity contribution < 1.29 is 24.3 Å². The van der Waals surface area contributed by atoms with E-state index in [1.54, 1.807) is 37.3 Å². The van der Waals surface area contributed by atoms with Gasteiger partial charge in [0.05, 0.1) is 6.04 Å². The lowest BCUT2D eigenvalue weighted by atomic mass is 10.1. The van der Waals surface area contributed by atoms with Gasteiger partial charge in [-0.3, -0.25) is 14.4 Å². The number of urea groups is 1. The maximum atomic E-state index is 12.0. The SMILES string of the molecule is C[C@H](c1ccccc1)N1C(=O)C(=O)N(CC(=O)O)C1=O. The lowest BCUT2D eigenvalue weighted by Gasteiger charge is -2.21. The summed E-state index contributed by atoms with van der Waals surface area (Å²) in [6.07, 6.45) is 0. The van der Waals surface area contributed by atoms with Crippen LogP contribution in [0.3, 0.4) is 0 Å². The Morgan fingerprint density at radius 3 is 2.30 bits per heavy atom. The monoisotopic (exact) mass is 276 g/mol. The summed E-state index contributed by atoms with van der Waals surface area (Å²) in [6.45, 7) is 0.782. The Bertz CT molecular complexity index is 584. The zero-order chi connectivity index (χ0) is 14.9. The van der Waals surface area contributed by atoms with E-state index in [0.717, 1.165) is 4.90 Å². The summed E-state index contributed by atoms with van der Waals surface area (Å²) in [4.78, 5) is 47.4. The van der Waals surface area contributed by atoms with Gasteiger partial charge in [0, 0.05) is 0 Å². The molecule has 1 fully saturated rings. The van der Waals surface area contributed by atoms with Crippen molar-refractivity contribution >= 4 is 23.8 Å². The second kappa shape index (κ2) is 5.12. The average molecular weight is 276 g/mol. The molecule has 1 N–H and O–H groups in total. The van der Waals surface area contributed by atoms with Crippen LogP contribution in [-0.2, 0) is 14.4 Å². The van der Waals surface area contributed by atoms with E-state index in [1.165, 1.54) is 0 Å². The van der Waals surface area contributed by atoms with Crippen molar-refractivity contribution in [3.63, 3.8) is 0 Å². The van der Waals surface area contributed by atoms with Gasteiger partial charge in [-0.25, -0.2) is 14.6 Å². The van der Waals surface area contributed by atoms with Crippen molar-refractivity contribution in [2.45, 2.75) is 13.0 Å². The van der Waals surface area contributed by atoms with Crippen LogP contribution >= 0.6 is 0 Å². The van der Waals surface area contributed by atoms with E-state index >= 15 is 0 Å². The van der Waals surface area contributed by atoms with Crippen molar-refractivity contribution in [3.05, 3.63) is 35.9 Å². The number of benzene rings is 1. The normalized spacial score (nSPS) is 16.8. The highest BCUT2D eigenvalue weighted by molar-refractivity contribution is 6.45. The largest absolute Gasteiger partial charge is 0.480 e. The molecule has 0 aromatic heterocycles. The van der Waals surface area contributed by atoms with E-state index in [-0.39, 0.29) is 0 Å². The molecule has 0 saturated carbocycles. The molecule has 1 heterocycles. The van der Waals surface area contributed by atoms with Crippen LogP contribution in [0.1, 0.15) is 18.5 Å². The molecular weight excluding hydrogens is 264 g/mol. The Labute approximate surface area is 114 Å². The predicted octanol–water partition coefficient (Wildman–Crippen LogP) is 0.623. The van der Waals surface area contributed by atoms with Crippen LogP contribution in [-0.4, -0.2) is 45.3 Å². The molecule has 4 amide bonds. The fourth-order valence-electron chi connectivity index (χ4n) is 2.02. The van der Waals surface area contributed by atoms with Crippen LogP contribution in [0, 0.1) is 0 Å². The molecule has 1 aliphatic heterocycles. The minimum absolute atomic E-state index is 0.435. The standard InChI is InChI=1S/C13H12N2O5/c1-8(9-5-3-2-4-6-9)15-12(19)11(18)14(13(15)20)7-10(16)17/h2-6,8H,7H2,1H3,(H,16,17)/t8-/m1/s1. The second-order valence-corrected chi connectivity index (χ2v) is 4.33. The first-order valence-electron chi connectivity index (χ1n) is 5.89. The Kier molecular flexibility index (Phi) is 3.51. The second-order valence-electron chi connectivity index (χ2n) is 4.33. The minimum Gasteiger partial charge on any atom is -0.480 e. The topological polar surface area (TPSA) is 95.0 Å². The highest BCUT2D eigenvalue weighted by Gasteiger charge is 2.47. The molecule has 2 rings (SSSR count). The number of carboxylic acids is 1. The molecule has 104 valence electrons. The molecule has 0 spiro atoms. The maximum absolute atomic E-state index is 12.0. The molecule has 7 nitrogen and oxygen atoms in total. The fraction of sp³-hybridized carbons (Fsp3) is 0.231. The average Bonchev–Trinajstić information content (AvgIpc) is 2.63. The van der Waals surface area contributed by atoms with Crippen LogP contribution in [0.4, 0.5) is 4.79 Å². The summed E-state index contributed by atoms with van der Waals surface area (Å²) < 4.78 is 0. The van der Waals surface area contributed by atoms with E-state index < -0.39 is 36.4 Å². The van der Waals surface area contributed by atoms with Gasteiger partial charge in [0.15, 0.2) is 0 Å². The molecule has 20 heavy (non-hydrogen) atoms. The first-order chi connectivity index (χ1) is 9.43. The molecule has 0 radical (unpaired) electrons. The summed E-state index contributed by atoms with van der Waals surface area (Å²) >= 11 is 0. The summed E-state index contributed by atoms with van der Waals surface area (Å²) in [7, 11) is 0. The van der Waals surface area contributed by atoms with Crippen LogP contribution in [0.5, 0.6) is 0 Å². The van der Waals surface area contributed by atoms with Gasteiger partial charge in [0.1, 0.15) is 6.54 Å². The van der Waals surface area contributed by atoms with E-state index in [0.29, 0.717) is 10.5 Å². The highest BCUT2D eigenvalue weighted by Crippen LogP contribution is 2.25. The number of amides is 4. The molecule has 0 unspecified atom stereocenters. The predicted molar refractivity (Wildman–Crippen MR) is 66.4 cm³/mol. The van der Waals surface area contributed by atoms with Crippen molar-refractivity contribution in [2.24, 2.45) is 0 Å². The molecule has 1 aromatic carbocycles. The van der Waals surface area contributed by atoms with Gasteiger partial charge in [-0.2, -0.15) is 0 Å². The lowest BCUT2D eigenvalue weighted by molar-refractivity contribution is -0.146. The van der Waals surface area contributed by atoms with Crippen molar-refractivity contribution in [3.8, 4) is 0 Å². The number of hydrogen-bond donors (Lipinski definition) is 1. The maximum Gasteiger partial charge on any atom is 0.335 e. The van der Waals surface area contributed by atoms with Crippen molar-refractivity contribution in [2.75, 3.05) is 6.54 Å². The van der Waals surface area contributed by atoms with Gasteiger partial charge < -0.3 is 5.11 Å². The number of carbonyl (C=O) groups excluding carboxylic acids is 3. The van der Waals surface area contributed by atoms with Crippen LogP contribution in [0.15, 0.2) is 30.3 Å². The molecule has 1 saturated heterocycles. The fourth-order valence-corrected chi connectivity index (χ4v) is 2.02. The lowest BCUT2D eigenvalue weighted by Crippen LogP contribution is -2.37. The summed E-state index contributed by atoms with van der Waals surface area (Å²) in [5.74, 6) is -3.47. The third-order valence-corrected chi connectivity index (χ3v) is 3.05. The molecule has 0 bridgehead atoms. The Balaban J connectivity index is 2.29. The zero-order valence-corrected chi connectivity index (χ0v) is 10.6. The van der Waals surface area contributed by atoms with Gasteiger partial charge in [-0.15, -0.1) is 0 Å². The van der Waals surface area contributed by atoms with Crippen LogP contribution in [0.25, 0.3) is 0 Å². The third kappa shape index (κ3) is 2.25. The van der Waals surface area contributed by atoms with Gasteiger partial charge in [-0.05, 0) is 12.5 Å². The number of carboxylic acid groups (broad SMARTS) is 1. The number of nitrogens with zero attached hydrogens (tertiary/aromatic N) is 2. The van der Waals surface area contributed by atoms with E-state index in [1.807, 2.05) is 0 Å². The minimum atomic E-state index is -1.35. The number of carbonyl (C=O) groups is 4. The quantitative estimate of drug-likeness (QED) is 0.642. The number of hydrogen-bond acceptors (Lipinski definition) is 4. The summed E-state index contributed by atoms with van der Waals surface area (Å²) in [5.41, 5.74) is 0.680. The highest BCUT2D eigenvalue weighted by atomic mass is 16.4. The van der Waals surface area contributed by atoms with E-state index in [9.17, 15) is 19.2 Å². The van der Waals surface area contributed by atoms with Crippen molar-refractivity contribution in [1.29, 1.82) is 0 Å². The Morgan fingerprint density at radius 2 is 1.75 bits per heavy atom. The smallest absolute Gasteiger partial charge is 0.335 e. The van der Waals surface area contributed by atoms with E-state index in [4.69, 9.17) is 5.11 Å². The molecular formula is C13H12N2O5. The van der Waals surface area contributed by atoms with Crippen LogP contribution < -0.4 is 0 Å². The number of aliphatic carboxylic acids is 1. The van der Waals surface area contributed by atoms with Gasteiger partial charge >= 0.3 is 23.8 Å². The number of imide groups is 2. The Hall–Kier alpha value is -2.70. The Morgan fingerprint density at radius 1 is 1.15 bits per heavy atom. The summed E-state index contributed by atoms with van der Waals surface area (Å²) in [5, 5.41) is 8.66. The number of rotatable bonds is 4. The molecule has 1 atom stereocenters. The molecule has 0 aliphatic carbocycles. The van der Waals surface area contributed by atoms with Crippen molar-refractivity contribution in [1.82, 2.24) is 9.80 Å². The summed E-state index contributed by atoms with van der Waals surface area (Å²) in [6, 6.07) is 7.16. The van der Waals surface area contributed by atoms with E-state index in [2.05, 4.69) is 0 Å². The third-order valence-electron chi connectivity index (χ3n) is 3.05. The first-order valence-corrected chi connectivity index (χ1v) is 5.89. The van der Waals surface area contributed by atoms with Gasteiger partial charge in [0.2, 0.25) is 0 Å². The zero-order valence-electron chi connectivity index (χ0n) is 10.6. The molecule has 1 aromatic rings.